The highest BCUT2D eigenvalue weighted by Crippen LogP contribution is 2.63. The van der Waals surface area contributed by atoms with Crippen molar-refractivity contribution in [3.05, 3.63) is 0 Å². The van der Waals surface area contributed by atoms with Gasteiger partial charge in [-0.15, -0.1) is 0 Å². The Kier molecular flexibility index (Phi) is 3.08. The van der Waals surface area contributed by atoms with Crippen LogP contribution in [0, 0.1) is 34.5 Å². The first kappa shape index (κ1) is 15.6. The standard InChI is InChI=1S/C18H25N5O2/c19-8-13-2-12-3-14(12)23(13)16(24)15(21-22-20)17-4-10-1-11(5-17)7-18(25,6-10)9-17/h10-15,25H,1-7,9H2,(H2,20,21)/t10?,11?,12?,13-,14-,15+,17?,18?/m0/s1. The Morgan fingerprint density at radius 3 is 2.56 bits per heavy atom. The predicted octanol–water partition coefficient (Wildman–Crippen LogP) is 1.53. The van der Waals surface area contributed by atoms with Crippen molar-refractivity contribution < 1.29 is 9.90 Å². The Hall–Kier alpha value is -1.68. The van der Waals surface area contributed by atoms with Gasteiger partial charge >= 0.3 is 0 Å². The third kappa shape index (κ3) is 2.16. The van der Waals surface area contributed by atoms with Gasteiger partial charge in [-0.3, -0.25) is 4.79 Å². The molecule has 0 radical (unpaired) electrons. The van der Waals surface area contributed by atoms with E-state index < -0.39 is 11.6 Å². The van der Waals surface area contributed by atoms with Crippen LogP contribution in [0.5, 0.6) is 0 Å². The van der Waals surface area contributed by atoms with Crippen LogP contribution in [0.15, 0.2) is 10.3 Å². The molecule has 1 amide bonds. The first-order valence-corrected chi connectivity index (χ1v) is 9.51. The lowest BCUT2D eigenvalue weighted by Crippen LogP contribution is -2.62. The summed E-state index contributed by atoms with van der Waals surface area (Å²) in [6, 6.07) is 1.49. The molecule has 6 rings (SSSR count). The number of amides is 1. The van der Waals surface area contributed by atoms with Crippen molar-refractivity contribution in [1.82, 2.24) is 4.90 Å². The Morgan fingerprint density at radius 1 is 1.24 bits per heavy atom. The van der Waals surface area contributed by atoms with E-state index in [9.17, 15) is 15.2 Å². The van der Waals surface area contributed by atoms with E-state index in [1.807, 2.05) is 0 Å². The van der Waals surface area contributed by atoms with E-state index in [1.54, 1.807) is 4.90 Å². The molecule has 3 N–H and O–H groups in total. The number of hydrogen-bond acceptors (Lipinski definition) is 5. The molecule has 1 saturated heterocycles. The van der Waals surface area contributed by atoms with Gasteiger partial charge in [-0.25, -0.2) is 0 Å². The van der Waals surface area contributed by atoms with Gasteiger partial charge in [0.25, 0.3) is 5.91 Å². The fourth-order valence-corrected chi connectivity index (χ4v) is 7.13. The van der Waals surface area contributed by atoms with Crippen molar-refractivity contribution in [3.63, 3.8) is 0 Å². The molecular formula is C18H25N5O2. The second-order valence-corrected chi connectivity index (χ2v) is 9.37. The number of rotatable bonds is 3. The van der Waals surface area contributed by atoms with Gasteiger partial charge in [0.15, 0.2) is 6.04 Å². The number of nitrogens with zero attached hydrogens (tertiary/aromatic N) is 4. The van der Waals surface area contributed by atoms with Crippen LogP contribution in [0.2, 0.25) is 0 Å². The van der Waals surface area contributed by atoms with Gasteiger partial charge in [0.1, 0.15) is 6.04 Å². The maximum Gasteiger partial charge on any atom is 0.251 e. The topological polar surface area (TPSA) is 115 Å². The molecule has 7 heteroatoms. The van der Waals surface area contributed by atoms with Crippen molar-refractivity contribution in [2.24, 2.45) is 39.3 Å². The minimum absolute atomic E-state index is 0.0868. The summed E-state index contributed by atoms with van der Waals surface area (Å²) in [4.78, 5) is 15.2. The van der Waals surface area contributed by atoms with Crippen LogP contribution in [0.3, 0.4) is 0 Å². The molecule has 3 unspecified atom stereocenters. The smallest absolute Gasteiger partial charge is 0.251 e. The molecule has 1 aliphatic heterocycles. The molecular weight excluding hydrogens is 318 g/mol. The molecule has 1 heterocycles. The zero-order chi connectivity index (χ0) is 17.4. The highest BCUT2D eigenvalue weighted by Gasteiger charge is 2.63. The number of fused-ring (bicyclic) bond motifs is 1. The van der Waals surface area contributed by atoms with E-state index in [0.717, 1.165) is 44.9 Å². The van der Waals surface area contributed by atoms with Crippen LogP contribution in [-0.4, -0.2) is 39.6 Å². The first-order valence-electron chi connectivity index (χ1n) is 9.51. The van der Waals surface area contributed by atoms with Gasteiger partial charge in [0.05, 0.1) is 11.7 Å². The summed E-state index contributed by atoms with van der Waals surface area (Å²) in [5.74, 6) is 6.71. The molecule has 25 heavy (non-hydrogen) atoms. The minimum atomic E-state index is -0.658. The van der Waals surface area contributed by atoms with Gasteiger partial charge < -0.3 is 15.8 Å². The molecule has 7 nitrogen and oxygen atoms in total. The lowest BCUT2D eigenvalue weighted by molar-refractivity contribution is -0.177. The van der Waals surface area contributed by atoms with Crippen LogP contribution in [0.1, 0.15) is 51.4 Å². The first-order chi connectivity index (χ1) is 12.0. The Balaban J connectivity index is 1.49. The van der Waals surface area contributed by atoms with E-state index in [0.29, 0.717) is 24.2 Å². The number of nitrogens with two attached hydrogens (primary N) is 1. The Labute approximate surface area is 147 Å². The van der Waals surface area contributed by atoms with Gasteiger partial charge in [0.2, 0.25) is 0 Å². The second kappa shape index (κ2) is 4.94. The maximum atomic E-state index is 13.4. The van der Waals surface area contributed by atoms with E-state index in [2.05, 4.69) is 16.4 Å². The number of carbonyl (C=O) groups is 1. The molecule has 6 atom stereocenters. The minimum Gasteiger partial charge on any atom is -0.390 e. The zero-order valence-electron chi connectivity index (χ0n) is 14.3. The van der Waals surface area contributed by atoms with E-state index >= 15 is 0 Å². The molecule has 6 aliphatic rings. The number of carbonyl (C=O) groups excluding carboxylic acids is 1. The zero-order valence-corrected chi connectivity index (χ0v) is 14.3. The summed E-state index contributed by atoms with van der Waals surface area (Å²) in [6.45, 7) is 0. The van der Waals surface area contributed by atoms with Crippen molar-refractivity contribution in [3.8, 4) is 6.07 Å². The lowest BCUT2D eigenvalue weighted by atomic mass is 9.46. The molecule has 5 aliphatic carbocycles. The summed E-state index contributed by atoms with van der Waals surface area (Å²) < 4.78 is 0. The number of hydrogen-bond donors (Lipinski definition) is 2. The largest absolute Gasteiger partial charge is 0.390 e. The molecule has 4 bridgehead atoms. The van der Waals surface area contributed by atoms with Crippen LogP contribution >= 0.6 is 0 Å². The summed E-state index contributed by atoms with van der Waals surface area (Å²) in [6.07, 6.45) is 7.07. The maximum absolute atomic E-state index is 13.4. The molecule has 0 aromatic rings. The summed E-state index contributed by atoms with van der Waals surface area (Å²) in [5.41, 5.74) is -1.000. The summed E-state index contributed by atoms with van der Waals surface area (Å²) >= 11 is 0. The third-order valence-electron chi connectivity index (χ3n) is 7.58. The van der Waals surface area contributed by atoms with Gasteiger partial charge in [-0.1, -0.05) is 5.22 Å². The van der Waals surface area contributed by atoms with E-state index in [-0.39, 0.29) is 23.4 Å². The van der Waals surface area contributed by atoms with Crippen molar-refractivity contribution >= 4 is 5.91 Å². The molecule has 6 fully saturated rings. The van der Waals surface area contributed by atoms with Crippen LogP contribution < -0.4 is 5.84 Å². The Morgan fingerprint density at radius 2 is 1.96 bits per heavy atom. The monoisotopic (exact) mass is 343 g/mol. The number of aliphatic hydroxyl groups is 1. The van der Waals surface area contributed by atoms with E-state index in [1.165, 1.54) is 0 Å². The number of piperidine rings is 1. The normalized spacial score (nSPS) is 50.7. The Bertz CT molecular complexity index is 671. The number of likely N-dealkylation sites (tertiary alicyclic amines) is 1. The highest BCUT2D eigenvalue weighted by molar-refractivity contribution is 5.85. The van der Waals surface area contributed by atoms with Crippen molar-refractivity contribution in [2.45, 2.75) is 75.1 Å². The van der Waals surface area contributed by atoms with Crippen molar-refractivity contribution in [2.75, 3.05) is 0 Å². The fourth-order valence-electron chi connectivity index (χ4n) is 7.13. The fraction of sp³-hybridized carbons (Fsp3) is 0.889. The number of nitriles is 1. The van der Waals surface area contributed by atoms with Gasteiger partial charge in [-0.05, 0) is 69.1 Å². The second-order valence-electron chi connectivity index (χ2n) is 9.37. The predicted molar refractivity (Wildman–Crippen MR) is 87.7 cm³/mol. The molecule has 5 saturated carbocycles. The summed E-state index contributed by atoms with van der Waals surface area (Å²) in [7, 11) is 0. The molecule has 134 valence electrons. The summed E-state index contributed by atoms with van der Waals surface area (Å²) in [5, 5.41) is 28.2. The lowest BCUT2D eigenvalue weighted by Gasteiger charge is -2.61. The van der Waals surface area contributed by atoms with Crippen LogP contribution in [0.4, 0.5) is 0 Å². The van der Waals surface area contributed by atoms with Gasteiger partial charge in [-0.2, -0.15) is 10.4 Å². The third-order valence-corrected chi connectivity index (χ3v) is 7.58. The van der Waals surface area contributed by atoms with Crippen molar-refractivity contribution in [1.29, 1.82) is 5.26 Å². The van der Waals surface area contributed by atoms with Crippen LogP contribution in [-0.2, 0) is 4.79 Å². The van der Waals surface area contributed by atoms with Gasteiger partial charge in [0, 0.05) is 11.5 Å². The average Bonchev–Trinajstić information content (AvgIpc) is 3.19. The molecule has 0 aromatic heterocycles. The molecule has 0 aromatic carbocycles. The van der Waals surface area contributed by atoms with E-state index in [4.69, 9.17) is 5.84 Å². The van der Waals surface area contributed by atoms with Crippen LogP contribution in [0.25, 0.3) is 0 Å². The molecule has 0 spiro atoms. The average molecular weight is 343 g/mol. The SMILES string of the molecule is N#C[C@@H]1CC2C[C@@H]2N1C(=O)[C@@H](N=NN)C12CC3CC(CC(O)(C3)C1)C2. The quantitative estimate of drug-likeness (QED) is 0.459. The highest BCUT2D eigenvalue weighted by atomic mass is 16.3.